The molecule has 0 bridgehead atoms. The molecule has 4 heteroatoms. The number of benzene rings is 2. The van der Waals surface area contributed by atoms with Crippen molar-refractivity contribution in [1.82, 2.24) is 9.80 Å². The number of imide groups is 1. The molecule has 2 fully saturated rings. The van der Waals surface area contributed by atoms with Crippen molar-refractivity contribution in [1.29, 1.82) is 0 Å². The van der Waals surface area contributed by atoms with Crippen LogP contribution in [0.25, 0.3) is 0 Å². The lowest BCUT2D eigenvalue weighted by Crippen LogP contribution is -2.60. The smallest absolute Gasteiger partial charge is 0.240 e. The van der Waals surface area contributed by atoms with Crippen LogP contribution < -0.4 is 0 Å². The van der Waals surface area contributed by atoms with Gasteiger partial charge in [0.2, 0.25) is 11.8 Å². The van der Waals surface area contributed by atoms with Gasteiger partial charge in [0, 0.05) is 19.0 Å². The Balaban J connectivity index is 1.59. The molecule has 0 spiro atoms. The van der Waals surface area contributed by atoms with E-state index in [9.17, 15) is 9.59 Å². The van der Waals surface area contributed by atoms with Crippen molar-refractivity contribution in [2.75, 3.05) is 13.1 Å². The number of likely N-dealkylation sites (tertiary alicyclic amines) is 2. The highest BCUT2D eigenvalue weighted by atomic mass is 16.2. The van der Waals surface area contributed by atoms with Gasteiger partial charge in [-0.15, -0.1) is 0 Å². The van der Waals surface area contributed by atoms with E-state index in [1.807, 2.05) is 32.0 Å². The molecule has 2 saturated heterocycles. The third kappa shape index (κ3) is 3.81. The van der Waals surface area contributed by atoms with Crippen LogP contribution in [0.5, 0.6) is 0 Å². The predicted molar refractivity (Wildman–Crippen MR) is 119 cm³/mol. The van der Waals surface area contributed by atoms with Crippen LogP contribution in [0.3, 0.4) is 0 Å². The summed E-state index contributed by atoms with van der Waals surface area (Å²) < 4.78 is 0. The van der Waals surface area contributed by atoms with E-state index in [0.717, 1.165) is 38.0 Å². The first kappa shape index (κ1) is 20.8. The van der Waals surface area contributed by atoms with Crippen LogP contribution in [0.15, 0.2) is 60.7 Å². The molecule has 2 aromatic rings. The average molecular weight is 405 g/mol. The monoisotopic (exact) mass is 404 g/mol. The van der Waals surface area contributed by atoms with Crippen molar-refractivity contribution in [3.05, 3.63) is 71.8 Å². The first-order valence-corrected chi connectivity index (χ1v) is 11.2. The summed E-state index contributed by atoms with van der Waals surface area (Å²) in [5.74, 6) is 0.248. The minimum Gasteiger partial charge on any atom is -0.299 e. The SMILES string of the molecule is CC(C)N1C(=O)CCC(c2ccccc2)(C2CCN(Cc3ccccc3)CC2)C1=O. The van der Waals surface area contributed by atoms with E-state index < -0.39 is 5.41 Å². The third-order valence-electron chi connectivity index (χ3n) is 6.94. The number of carbonyl (C=O) groups excluding carboxylic acids is 2. The van der Waals surface area contributed by atoms with Crippen molar-refractivity contribution < 1.29 is 9.59 Å². The minimum absolute atomic E-state index is 0.0152. The number of nitrogens with zero attached hydrogens (tertiary/aromatic N) is 2. The van der Waals surface area contributed by atoms with Crippen molar-refractivity contribution in [3.8, 4) is 0 Å². The molecule has 2 aliphatic heterocycles. The summed E-state index contributed by atoms with van der Waals surface area (Å²) in [6.45, 7) is 6.81. The van der Waals surface area contributed by atoms with Gasteiger partial charge in [0.15, 0.2) is 0 Å². The normalized spacial score (nSPS) is 23.9. The third-order valence-corrected chi connectivity index (χ3v) is 6.94. The molecule has 0 saturated carbocycles. The standard InChI is InChI=1S/C26H32N2O2/c1-20(2)28-24(29)13-16-26(25(28)30,22-11-7-4-8-12-22)23-14-17-27(18-15-23)19-21-9-5-3-6-10-21/h3-12,20,23H,13-19H2,1-2H3. The second-order valence-electron chi connectivity index (χ2n) is 9.04. The molecule has 4 rings (SSSR count). The fraction of sp³-hybridized carbons (Fsp3) is 0.462. The summed E-state index contributed by atoms with van der Waals surface area (Å²) >= 11 is 0. The molecule has 0 aliphatic carbocycles. The van der Waals surface area contributed by atoms with Crippen LogP contribution in [0.1, 0.15) is 50.7 Å². The molecule has 2 heterocycles. The summed E-state index contributed by atoms with van der Waals surface area (Å²) in [6, 6.07) is 20.7. The molecule has 0 aromatic heterocycles. The second kappa shape index (κ2) is 8.73. The van der Waals surface area contributed by atoms with E-state index in [1.165, 1.54) is 10.5 Å². The average Bonchev–Trinajstić information content (AvgIpc) is 2.76. The van der Waals surface area contributed by atoms with Gasteiger partial charge >= 0.3 is 0 Å². The van der Waals surface area contributed by atoms with Crippen molar-refractivity contribution >= 4 is 11.8 Å². The van der Waals surface area contributed by atoms with E-state index >= 15 is 0 Å². The zero-order chi connectivity index (χ0) is 21.1. The van der Waals surface area contributed by atoms with Crippen molar-refractivity contribution in [3.63, 3.8) is 0 Å². The Bertz CT molecular complexity index is 872. The van der Waals surface area contributed by atoms with Gasteiger partial charge < -0.3 is 0 Å². The molecular formula is C26H32N2O2. The van der Waals surface area contributed by atoms with Crippen LogP contribution in [0.4, 0.5) is 0 Å². The van der Waals surface area contributed by atoms with Crippen LogP contribution in [-0.2, 0) is 21.5 Å². The van der Waals surface area contributed by atoms with Crippen LogP contribution >= 0.6 is 0 Å². The molecule has 30 heavy (non-hydrogen) atoms. The van der Waals surface area contributed by atoms with Crippen molar-refractivity contribution in [2.24, 2.45) is 5.92 Å². The Hall–Kier alpha value is -2.46. The lowest BCUT2D eigenvalue weighted by atomic mass is 9.62. The number of piperidine rings is 2. The molecule has 0 N–H and O–H groups in total. The molecule has 4 nitrogen and oxygen atoms in total. The molecule has 1 atom stereocenters. The molecule has 158 valence electrons. The number of hydrogen-bond acceptors (Lipinski definition) is 3. The highest BCUT2D eigenvalue weighted by molar-refractivity contribution is 6.04. The summed E-state index contributed by atoms with van der Waals surface area (Å²) in [7, 11) is 0. The van der Waals surface area contributed by atoms with Gasteiger partial charge in [-0.25, -0.2) is 0 Å². The molecule has 0 radical (unpaired) electrons. The Morgan fingerprint density at radius 3 is 2.13 bits per heavy atom. The Morgan fingerprint density at radius 2 is 1.53 bits per heavy atom. The van der Waals surface area contributed by atoms with E-state index in [2.05, 4.69) is 47.4 Å². The maximum absolute atomic E-state index is 13.9. The van der Waals surface area contributed by atoms with Crippen LogP contribution in [-0.4, -0.2) is 40.7 Å². The number of hydrogen-bond donors (Lipinski definition) is 0. The molecule has 2 aliphatic rings. The molecule has 1 unspecified atom stereocenters. The van der Waals surface area contributed by atoms with Crippen LogP contribution in [0.2, 0.25) is 0 Å². The Labute approximate surface area is 179 Å². The van der Waals surface area contributed by atoms with Gasteiger partial charge in [-0.3, -0.25) is 19.4 Å². The zero-order valence-corrected chi connectivity index (χ0v) is 18.1. The van der Waals surface area contributed by atoms with Gasteiger partial charge in [-0.2, -0.15) is 0 Å². The van der Waals surface area contributed by atoms with Crippen molar-refractivity contribution in [2.45, 2.75) is 57.5 Å². The molecular weight excluding hydrogens is 372 g/mol. The summed E-state index contributed by atoms with van der Waals surface area (Å²) in [6.07, 6.45) is 3.03. The Kier molecular flexibility index (Phi) is 6.05. The lowest BCUT2D eigenvalue weighted by molar-refractivity contribution is -0.158. The first-order chi connectivity index (χ1) is 14.5. The van der Waals surface area contributed by atoms with Gasteiger partial charge in [0.05, 0.1) is 5.41 Å². The highest BCUT2D eigenvalue weighted by Crippen LogP contribution is 2.46. The summed E-state index contributed by atoms with van der Waals surface area (Å²) in [4.78, 5) is 30.5. The van der Waals surface area contributed by atoms with Gasteiger partial charge in [0.1, 0.15) is 0 Å². The van der Waals surface area contributed by atoms with Gasteiger partial charge in [0.25, 0.3) is 0 Å². The fourth-order valence-electron chi connectivity index (χ4n) is 5.43. The second-order valence-corrected chi connectivity index (χ2v) is 9.04. The minimum atomic E-state index is -0.585. The van der Waals surface area contributed by atoms with Gasteiger partial charge in [-0.1, -0.05) is 60.7 Å². The first-order valence-electron chi connectivity index (χ1n) is 11.2. The number of carbonyl (C=O) groups is 2. The van der Waals surface area contributed by atoms with Crippen LogP contribution in [0, 0.1) is 5.92 Å². The molecule has 2 aromatic carbocycles. The maximum Gasteiger partial charge on any atom is 0.240 e. The number of rotatable bonds is 5. The molecule has 2 amide bonds. The lowest BCUT2D eigenvalue weighted by Gasteiger charge is -2.49. The van der Waals surface area contributed by atoms with E-state index in [1.54, 1.807) is 0 Å². The quantitative estimate of drug-likeness (QED) is 0.694. The maximum atomic E-state index is 13.9. The Morgan fingerprint density at radius 1 is 0.933 bits per heavy atom. The fourth-order valence-corrected chi connectivity index (χ4v) is 5.43. The van der Waals surface area contributed by atoms with E-state index in [4.69, 9.17) is 0 Å². The van der Waals surface area contributed by atoms with E-state index in [0.29, 0.717) is 12.8 Å². The zero-order valence-electron chi connectivity index (χ0n) is 18.1. The van der Waals surface area contributed by atoms with E-state index in [-0.39, 0.29) is 23.8 Å². The highest BCUT2D eigenvalue weighted by Gasteiger charge is 2.53. The predicted octanol–water partition coefficient (Wildman–Crippen LogP) is 4.39. The topological polar surface area (TPSA) is 40.6 Å². The summed E-state index contributed by atoms with van der Waals surface area (Å²) in [5, 5.41) is 0. The van der Waals surface area contributed by atoms with Gasteiger partial charge in [-0.05, 0) is 63.2 Å². The largest absolute Gasteiger partial charge is 0.299 e. The summed E-state index contributed by atoms with van der Waals surface area (Å²) in [5.41, 5.74) is 1.83. The number of amides is 2.